The molecule has 0 bridgehead atoms. The maximum atomic E-state index is 14.5. The second-order valence-electron chi connectivity index (χ2n) is 6.60. The summed E-state index contributed by atoms with van der Waals surface area (Å²) in [4.78, 5) is 28.4. The first-order valence-electron chi connectivity index (χ1n) is 8.67. The van der Waals surface area contributed by atoms with Crippen LogP contribution >= 0.6 is 15.9 Å². The van der Waals surface area contributed by atoms with Gasteiger partial charge in [-0.15, -0.1) is 0 Å². The predicted octanol–water partition coefficient (Wildman–Crippen LogP) is 3.87. The van der Waals surface area contributed by atoms with Crippen molar-refractivity contribution in [3.8, 4) is 5.75 Å². The molecule has 1 unspecified atom stereocenters. The van der Waals surface area contributed by atoms with E-state index in [0.29, 0.717) is 35.7 Å². The van der Waals surface area contributed by atoms with Gasteiger partial charge in [-0.25, -0.2) is 14.2 Å². The molecule has 8 heteroatoms. The van der Waals surface area contributed by atoms with Gasteiger partial charge in [-0.2, -0.15) is 0 Å². The zero-order chi connectivity index (χ0) is 19.1. The molecule has 4 rings (SSSR count). The van der Waals surface area contributed by atoms with Crippen molar-refractivity contribution in [1.29, 1.82) is 0 Å². The lowest BCUT2D eigenvalue weighted by molar-refractivity contribution is 0.0983. The van der Waals surface area contributed by atoms with Gasteiger partial charge in [0.1, 0.15) is 17.4 Å². The minimum Gasteiger partial charge on any atom is -0.492 e. The molecule has 6 nitrogen and oxygen atoms in total. The van der Waals surface area contributed by atoms with Crippen LogP contribution in [0.5, 0.6) is 5.75 Å². The Hall–Kier alpha value is -2.48. The largest absolute Gasteiger partial charge is 0.492 e. The van der Waals surface area contributed by atoms with E-state index in [1.165, 1.54) is 12.1 Å². The summed E-state index contributed by atoms with van der Waals surface area (Å²) < 4.78 is 21.0. The summed E-state index contributed by atoms with van der Waals surface area (Å²) in [6.07, 6.45) is 1.90. The number of benzene rings is 1. The fraction of sp³-hybridized carbons (Fsp3) is 0.316. The highest BCUT2D eigenvalue weighted by Crippen LogP contribution is 2.55. The van der Waals surface area contributed by atoms with Crippen molar-refractivity contribution in [2.75, 3.05) is 11.9 Å². The molecule has 2 N–H and O–H groups in total. The average Bonchev–Trinajstić information content (AvgIpc) is 3.36. The molecule has 1 aliphatic carbocycles. The second-order valence-corrected chi connectivity index (χ2v) is 7.52. The Morgan fingerprint density at radius 1 is 1.33 bits per heavy atom. The first-order chi connectivity index (χ1) is 13.0. The summed E-state index contributed by atoms with van der Waals surface area (Å²) in [5.41, 5.74) is 0.791. The number of urea groups is 1. The fourth-order valence-corrected chi connectivity index (χ4v) is 3.79. The van der Waals surface area contributed by atoms with Gasteiger partial charge in [0.05, 0.1) is 12.2 Å². The van der Waals surface area contributed by atoms with Crippen LogP contribution in [0.4, 0.5) is 15.0 Å². The van der Waals surface area contributed by atoms with Gasteiger partial charge in [0.2, 0.25) is 0 Å². The van der Waals surface area contributed by atoms with E-state index in [-0.39, 0.29) is 23.7 Å². The number of rotatable bonds is 4. The number of ether oxygens (including phenoxy) is 1. The van der Waals surface area contributed by atoms with Gasteiger partial charge in [0.25, 0.3) is 0 Å². The summed E-state index contributed by atoms with van der Waals surface area (Å²) in [5, 5.41) is 5.51. The smallest absolute Gasteiger partial charge is 0.320 e. The molecule has 1 fully saturated rings. The van der Waals surface area contributed by atoms with Gasteiger partial charge in [-0.3, -0.25) is 10.1 Å². The summed E-state index contributed by atoms with van der Waals surface area (Å²) in [5.74, 6) is 0.0329. The number of carbonyl (C=O) groups excluding carboxylic acids is 2. The third-order valence-corrected chi connectivity index (χ3v) is 5.42. The third-order valence-electron chi connectivity index (χ3n) is 4.95. The van der Waals surface area contributed by atoms with E-state index in [9.17, 15) is 14.0 Å². The molecule has 1 saturated carbocycles. The highest BCUT2D eigenvalue weighted by Gasteiger charge is 2.57. The summed E-state index contributed by atoms with van der Waals surface area (Å²) in [6, 6.07) is 5.55. The van der Waals surface area contributed by atoms with Crippen LogP contribution in [0.3, 0.4) is 0 Å². The number of hydrogen-bond acceptors (Lipinski definition) is 4. The lowest BCUT2D eigenvalue weighted by Gasteiger charge is -2.19. The van der Waals surface area contributed by atoms with Crippen LogP contribution in [0.2, 0.25) is 0 Å². The highest BCUT2D eigenvalue weighted by atomic mass is 79.9. The fourth-order valence-electron chi connectivity index (χ4n) is 3.56. The molecular formula is C19H17BrFN3O3. The molecule has 1 aliphatic heterocycles. The topological polar surface area (TPSA) is 80.3 Å². The number of carbonyl (C=O) groups is 2. The zero-order valence-electron chi connectivity index (χ0n) is 14.5. The van der Waals surface area contributed by atoms with E-state index in [0.717, 1.165) is 4.47 Å². The Morgan fingerprint density at radius 2 is 2.15 bits per heavy atom. The first kappa shape index (κ1) is 17.9. The van der Waals surface area contributed by atoms with Gasteiger partial charge in [-0.1, -0.05) is 6.92 Å². The molecule has 1 aromatic heterocycles. The molecule has 2 aliphatic rings. The molecule has 3 atom stereocenters. The van der Waals surface area contributed by atoms with Crippen LogP contribution in [0.25, 0.3) is 0 Å². The molecule has 0 spiro atoms. The second kappa shape index (κ2) is 6.92. The number of nitrogens with zero attached hydrogens (tertiary/aromatic N) is 1. The predicted molar refractivity (Wildman–Crippen MR) is 101 cm³/mol. The van der Waals surface area contributed by atoms with Crippen LogP contribution in [0.1, 0.15) is 35.2 Å². The van der Waals surface area contributed by atoms with E-state index >= 15 is 0 Å². The number of halogens is 2. The number of nitrogens with one attached hydrogen (secondary N) is 2. The van der Waals surface area contributed by atoms with Crippen LogP contribution in [-0.2, 0) is 0 Å². The Bertz CT molecular complexity index is 919. The number of pyridine rings is 1. The Labute approximate surface area is 163 Å². The number of amides is 2. The maximum absolute atomic E-state index is 14.5. The monoisotopic (exact) mass is 433 g/mol. The SMILES string of the molecule is CCC(=O)c1ccc(F)c2c1OC[C@@H]1C2[C@@H]1NC(=O)Nc1ccc(Br)cn1. The van der Waals surface area contributed by atoms with Crippen molar-refractivity contribution in [2.24, 2.45) is 5.92 Å². The minimum atomic E-state index is -0.411. The van der Waals surface area contributed by atoms with Crippen molar-refractivity contribution in [3.63, 3.8) is 0 Å². The number of ketones is 1. The molecule has 140 valence electrons. The number of anilines is 1. The quantitative estimate of drug-likeness (QED) is 0.717. The van der Waals surface area contributed by atoms with Gasteiger partial charge in [-0.05, 0) is 40.2 Å². The van der Waals surface area contributed by atoms with Gasteiger partial charge in [0, 0.05) is 40.5 Å². The van der Waals surface area contributed by atoms with E-state index in [4.69, 9.17) is 4.74 Å². The summed E-state index contributed by atoms with van der Waals surface area (Å²) in [6.45, 7) is 2.10. The van der Waals surface area contributed by atoms with Crippen molar-refractivity contribution < 1.29 is 18.7 Å². The van der Waals surface area contributed by atoms with Crippen molar-refractivity contribution in [3.05, 3.63) is 51.9 Å². The van der Waals surface area contributed by atoms with Crippen LogP contribution < -0.4 is 15.4 Å². The number of Topliss-reactive ketones (excluding diaryl/α,β-unsaturated/α-hetero) is 1. The third kappa shape index (κ3) is 3.29. The normalized spacial score (nSPS) is 22.1. The highest BCUT2D eigenvalue weighted by molar-refractivity contribution is 9.10. The van der Waals surface area contributed by atoms with E-state index < -0.39 is 11.8 Å². The van der Waals surface area contributed by atoms with E-state index in [2.05, 4.69) is 31.5 Å². The molecule has 27 heavy (non-hydrogen) atoms. The van der Waals surface area contributed by atoms with Gasteiger partial charge < -0.3 is 10.1 Å². The first-order valence-corrected chi connectivity index (χ1v) is 9.46. The van der Waals surface area contributed by atoms with Crippen LogP contribution in [0, 0.1) is 11.7 Å². The summed E-state index contributed by atoms with van der Waals surface area (Å²) >= 11 is 3.28. The molecule has 2 aromatic rings. The van der Waals surface area contributed by atoms with Crippen molar-refractivity contribution in [2.45, 2.75) is 25.3 Å². The average molecular weight is 434 g/mol. The molecule has 1 aromatic carbocycles. The number of hydrogen-bond donors (Lipinski definition) is 2. The zero-order valence-corrected chi connectivity index (χ0v) is 16.0. The maximum Gasteiger partial charge on any atom is 0.320 e. The molecule has 0 saturated heterocycles. The minimum absolute atomic E-state index is 0.0115. The van der Waals surface area contributed by atoms with Crippen molar-refractivity contribution >= 4 is 33.6 Å². The lowest BCUT2D eigenvalue weighted by Crippen LogP contribution is -2.32. The summed E-state index contributed by atoms with van der Waals surface area (Å²) in [7, 11) is 0. The van der Waals surface area contributed by atoms with Crippen LogP contribution in [0.15, 0.2) is 34.9 Å². The Kier molecular flexibility index (Phi) is 4.59. The Morgan fingerprint density at radius 3 is 2.85 bits per heavy atom. The number of fused-ring (bicyclic) bond motifs is 3. The van der Waals surface area contributed by atoms with Crippen LogP contribution in [-0.4, -0.2) is 29.4 Å². The Balaban J connectivity index is 1.50. The molecular weight excluding hydrogens is 417 g/mol. The van der Waals surface area contributed by atoms with E-state index in [1.54, 1.807) is 25.3 Å². The number of aromatic nitrogens is 1. The van der Waals surface area contributed by atoms with Gasteiger partial charge in [0.15, 0.2) is 5.78 Å². The lowest BCUT2D eigenvalue weighted by atomic mass is 9.98. The van der Waals surface area contributed by atoms with Gasteiger partial charge >= 0.3 is 6.03 Å². The molecule has 2 heterocycles. The standard InChI is InChI=1S/C19H17BrFN3O3/c1-2-13(25)10-4-5-12(21)16-15-11(8-27-18(10)16)17(15)24-19(26)23-14-6-3-9(20)7-22-14/h3-7,11,15,17H,2,8H2,1H3,(H2,22,23,24,26)/t11-,15?,17-/m1/s1. The molecule has 2 amide bonds. The van der Waals surface area contributed by atoms with E-state index in [1.807, 2.05) is 0 Å². The molecule has 0 radical (unpaired) electrons. The van der Waals surface area contributed by atoms with Crippen molar-refractivity contribution in [1.82, 2.24) is 10.3 Å².